The van der Waals surface area contributed by atoms with E-state index in [2.05, 4.69) is 19.9 Å². The molecule has 4 heterocycles. The van der Waals surface area contributed by atoms with E-state index in [1.807, 2.05) is 0 Å². The number of pyridine rings is 4. The van der Waals surface area contributed by atoms with E-state index in [0.29, 0.717) is 46.2 Å². The smallest absolute Gasteiger partial charge is 0.472 e. The molecule has 0 bridgehead atoms. The van der Waals surface area contributed by atoms with Gasteiger partial charge in [-0.3, -0.25) is 38.6 Å². The van der Waals surface area contributed by atoms with Gasteiger partial charge >= 0.3 is 7.82 Å². The lowest BCUT2D eigenvalue weighted by atomic mass is 10.1. The normalized spacial score (nSPS) is 10.8. The first-order chi connectivity index (χ1) is 24.1. The van der Waals surface area contributed by atoms with Crippen molar-refractivity contribution in [1.82, 2.24) is 19.9 Å². The Kier molecular flexibility index (Phi) is 16.1. The van der Waals surface area contributed by atoms with Gasteiger partial charge in [0.25, 0.3) is 0 Å². The highest BCUT2D eigenvalue weighted by Gasteiger charge is 2.24. The monoisotopic (exact) mass is 733 g/mol. The Hall–Kier alpha value is -4.91. The predicted molar refractivity (Wildman–Crippen MR) is 178 cm³/mol. The van der Waals surface area contributed by atoms with E-state index in [0.717, 1.165) is 0 Å². The van der Waals surface area contributed by atoms with Crippen LogP contribution in [-0.4, -0.2) is 73.1 Å². The number of hydrogen-bond acceptors (Lipinski definition) is 17. The Labute approximate surface area is 292 Å². The first-order valence-corrected chi connectivity index (χ1v) is 16.3. The highest BCUT2D eigenvalue weighted by Crippen LogP contribution is 2.45. The fourth-order valence-corrected chi connectivity index (χ4v) is 4.86. The summed E-state index contributed by atoms with van der Waals surface area (Å²) in [4.78, 5) is 47.4. The molecule has 4 aromatic heterocycles. The van der Waals surface area contributed by atoms with Crippen LogP contribution in [0.25, 0.3) is 0 Å². The van der Waals surface area contributed by atoms with Crippen LogP contribution in [0.3, 0.4) is 0 Å². The molecule has 0 fully saturated rings. The lowest BCUT2D eigenvalue weighted by Gasteiger charge is -2.14. The highest BCUT2D eigenvalue weighted by atomic mass is 31.2. The lowest BCUT2D eigenvalue weighted by Crippen LogP contribution is -2.04. The molecule has 0 spiro atoms. The topological polar surface area (TPSA) is 309 Å². The SMILES string of the molecule is Cc1ncc(CO)c(CN)c1O.Cc1ncc(CO)c(CO)c1O.Cc1ncc(COP(=O)(O)OCc2cnc(C)c(O)c2C=O)c(C=O)c1O. The van der Waals surface area contributed by atoms with E-state index in [-0.39, 0.29) is 83.0 Å². The number of carbonyl (C=O) groups is 2. The van der Waals surface area contributed by atoms with Crippen molar-refractivity contribution >= 4 is 20.4 Å². The zero-order chi connectivity index (χ0) is 38.5. The number of rotatable bonds is 12. The number of aldehydes is 2. The fraction of sp³-hybridized carbons (Fsp3) is 0.312. The molecule has 0 saturated heterocycles. The average Bonchev–Trinajstić information content (AvgIpc) is 3.12. The molecular formula is C32H40N5O13P. The van der Waals surface area contributed by atoms with Crippen LogP contribution in [0.2, 0.25) is 0 Å². The van der Waals surface area contributed by atoms with Gasteiger partial charge in [0.15, 0.2) is 12.6 Å². The Morgan fingerprint density at radius 1 is 0.608 bits per heavy atom. The predicted octanol–water partition coefficient (Wildman–Crippen LogP) is 2.09. The molecule has 51 heavy (non-hydrogen) atoms. The van der Waals surface area contributed by atoms with E-state index in [4.69, 9.17) is 30.1 Å². The van der Waals surface area contributed by atoms with Crippen molar-refractivity contribution in [2.24, 2.45) is 5.73 Å². The number of aliphatic hydroxyl groups excluding tert-OH is 3. The van der Waals surface area contributed by atoms with Gasteiger partial charge in [-0.05, 0) is 27.7 Å². The van der Waals surface area contributed by atoms with Crippen molar-refractivity contribution in [3.63, 3.8) is 0 Å². The highest BCUT2D eigenvalue weighted by molar-refractivity contribution is 7.47. The molecule has 0 aromatic carbocycles. The van der Waals surface area contributed by atoms with Gasteiger partial charge in [-0.2, -0.15) is 0 Å². The van der Waals surface area contributed by atoms with Crippen LogP contribution in [0.4, 0.5) is 0 Å². The number of carbonyl (C=O) groups excluding carboxylic acids is 2. The molecule has 0 unspecified atom stereocenters. The molecule has 0 radical (unpaired) electrons. The van der Waals surface area contributed by atoms with Gasteiger partial charge < -0.3 is 46.4 Å². The molecule has 0 saturated carbocycles. The second-order valence-electron chi connectivity index (χ2n) is 10.6. The number of aryl methyl sites for hydroxylation is 4. The summed E-state index contributed by atoms with van der Waals surface area (Å²) in [6, 6.07) is 0. The summed E-state index contributed by atoms with van der Waals surface area (Å²) in [5.74, 6) is -0.652. The molecule has 0 aliphatic carbocycles. The van der Waals surface area contributed by atoms with Crippen LogP contribution in [-0.2, 0) is 53.2 Å². The molecule has 276 valence electrons. The van der Waals surface area contributed by atoms with Gasteiger partial charge in [0.05, 0.1) is 66.9 Å². The fourth-order valence-electron chi connectivity index (χ4n) is 4.18. The minimum atomic E-state index is -4.59. The number of nitrogens with two attached hydrogens (primary N) is 1. The van der Waals surface area contributed by atoms with Gasteiger partial charge in [-0.1, -0.05) is 0 Å². The van der Waals surface area contributed by atoms with Gasteiger partial charge in [-0.15, -0.1) is 0 Å². The third-order valence-corrected chi connectivity index (χ3v) is 8.19. The number of nitrogens with zero attached hydrogens (tertiary/aromatic N) is 4. The number of aromatic hydroxyl groups is 4. The van der Waals surface area contributed by atoms with E-state index in [1.165, 1.54) is 38.6 Å². The summed E-state index contributed by atoms with van der Waals surface area (Å²) in [6.07, 6.45) is 6.18. The van der Waals surface area contributed by atoms with Crippen LogP contribution in [0.1, 0.15) is 76.9 Å². The summed E-state index contributed by atoms with van der Waals surface area (Å²) in [7, 11) is -4.59. The Bertz CT molecular complexity index is 1760. The minimum Gasteiger partial charge on any atom is -0.506 e. The summed E-state index contributed by atoms with van der Waals surface area (Å²) >= 11 is 0. The summed E-state index contributed by atoms with van der Waals surface area (Å²) in [6.45, 7) is 4.80. The second kappa shape index (κ2) is 19.5. The van der Waals surface area contributed by atoms with Crippen molar-refractivity contribution in [3.05, 3.63) is 92.1 Å². The van der Waals surface area contributed by atoms with Crippen LogP contribution in [0, 0.1) is 27.7 Å². The van der Waals surface area contributed by atoms with E-state index >= 15 is 0 Å². The second-order valence-corrected chi connectivity index (χ2v) is 12.0. The minimum absolute atomic E-state index is 0.0379. The van der Waals surface area contributed by atoms with Crippen LogP contribution in [0.15, 0.2) is 24.8 Å². The first kappa shape index (κ1) is 42.3. The largest absolute Gasteiger partial charge is 0.506 e. The maximum absolute atomic E-state index is 12.0. The maximum atomic E-state index is 12.0. The standard InChI is InChI=1S/C16H17N2O8P.C8H12N2O2.C8H11NO3/c1-9-15(21)13(5-19)11(3-17-9)7-25-27(23,24)26-8-12-4-18-10(2)16(22)14(12)6-20;1-5-8(12)7(2-9)6(4-11)3-10-5;1-5-8(12)7(4-11)6(3-10)2-9-5/h3-6,21-22H,7-8H2,1-2H3,(H,23,24);3,11-12H,2,4,9H2,1H3;2,10-12H,3-4H2,1H3. The molecule has 0 atom stereocenters. The van der Waals surface area contributed by atoms with Crippen molar-refractivity contribution in [2.45, 2.75) is 67.3 Å². The lowest BCUT2D eigenvalue weighted by molar-refractivity contribution is 0.111. The Balaban J connectivity index is 0.000000309. The molecule has 10 N–H and O–H groups in total. The van der Waals surface area contributed by atoms with Gasteiger partial charge in [-0.25, -0.2) is 4.57 Å². The number of phosphoric ester groups is 1. The molecule has 0 aliphatic rings. The molecule has 19 heteroatoms. The van der Waals surface area contributed by atoms with Crippen molar-refractivity contribution in [3.8, 4) is 23.0 Å². The molecule has 0 aliphatic heterocycles. The Morgan fingerprint density at radius 3 is 1.27 bits per heavy atom. The number of hydrogen-bond donors (Lipinski definition) is 9. The van der Waals surface area contributed by atoms with E-state index < -0.39 is 21.0 Å². The third-order valence-electron chi connectivity index (χ3n) is 7.28. The van der Waals surface area contributed by atoms with Gasteiger partial charge in [0, 0.05) is 64.7 Å². The maximum Gasteiger partial charge on any atom is 0.472 e. The molecular weight excluding hydrogens is 693 g/mol. The van der Waals surface area contributed by atoms with Gasteiger partial charge in [0.1, 0.15) is 23.0 Å². The number of aromatic nitrogens is 4. The van der Waals surface area contributed by atoms with Crippen LogP contribution < -0.4 is 5.73 Å². The van der Waals surface area contributed by atoms with Crippen molar-refractivity contribution in [1.29, 1.82) is 0 Å². The molecule has 18 nitrogen and oxygen atoms in total. The van der Waals surface area contributed by atoms with Crippen molar-refractivity contribution < 1.29 is 63.8 Å². The third kappa shape index (κ3) is 11.0. The number of phosphoric acid groups is 1. The zero-order valence-corrected chi connectivity index (χ0v) is 29.0. The Morgan fingerprint density at radius 2 is 0.941 bits per heavy atom. The molecule has 0 amide bonds. The molecule has 4 aromatic rings. The quantitative estimate of drug-likeness (QED) is 0.0743. The van der Waals surface area contributed by atoms with Gasteiger partial charge in [0.2, 0.25) is 0 Å². The summed E-state index contributed by atoms with van der Waals surface area (Å²) < 4.78 is 21.7. The number of aliphatic hydroxyl groups is 3. The van der Waals surface area contributed by atoms with Crippen molar-refractivity contribution in [2.75, 3.05) is 0 Å². The van der Waals surface area contributed by atoms with E-state index in [9.17, 15) is 39.5 Å². The summed E-state index contributed by atoms with van der Waals surface area (Å²) in [5, 5.41) is 64.9. The summed E-state index contributed by atoms with van der Waals surface area (Å²) in [5.41, 5.74) is 8.75. The first-order valence-electron chi connectivity index (χ1n) is 14.8. The average molecular weight is 734 g/mol. The van der Waals surface area contributed by atoms with Crippen LogP contribution in [0.5, 0.6) is 23.0 Å². The van der Waals surface area contributed by atoms with E-state index in [1.54, 1.807) is 13.8 Å². The van der Waals surface area contributed by atoms with Crippen LogP contribution >= 0.6 is 7.82 Å². The molecule has 4 rings (SSSR count). The zero-order valence-electron chi connectivity index (χ0n) is 28.1.